The highest BCUT2D eigenvalue weighted by atomic mass is 35.5. The number of aryl methyl sites for hydroxylation is 1. The number of fused-ring (bicyclic) bond motifs is 1. The third-order valence-corrected chi connectivity index (χ3v) is 5.91. The maximum Gasteiger partial charge on any atom is 0.260 e. The van der Waals surface area contributed by atoms with Crippen molar-refractivity contribution in [3.8, 4) is 16.9 Å². The van der Waals surface area contributed by atoms with E-state index in [0.29, 0.717) is 33.1 Å². The number of ether oxygens (including phenoxy) is 1. The topological polar surface area (TPSA) is 59.8 Å². The maximum atomic E-state index is 13.1. The lowest BCUT2D eigenvalue weighted by atomic mass is 10.0. The van der Waals surface area contributed by atoms with Crippen LogP contribution < -0.4 is 10.2 Å². The van der Waals surface area contributed by atoms with Crippen LogP contribution >= 0.6 is 11.6 Å². The van der Waals surface area contributed by atoms with Crippen LogP contribution in [0.15, 0.2) is 51.7 Å². The fourth-order valence-corrected chi connectivity index (χ4v) is 4.15. The van der Waals surface area contributed by atoms with Crippen LogP contribution in [0.3, 0.4) is 0 Å². The Balaban J connectivity index is 1.57. The first-order valence-electron chi connectivity index (χ1n) is 10.2. The summed E-state index contributed by atoms with van der Waals surface area (Å²) in [6.45, 7) is 4.59. The summed E-state index contributed by atoms with van der Waals surface area (Å²) in [6.07, 6.45) is 3.22. The van der Waals surface area contributed by atoms with Gasteiger partial charge in [0.1, 0.15) is 17.1 Å². The molecule has 1 saturated heterocycles. The molecule has 30 heavy (non-hydrogen) atoms. The Morgan fingerprint density at radius 2 is 1.97 bits per heavy atom. The van der Waals surface area contributed by atoms with Crippen molar-refractivity contribution in [1.29, 1.82) is 0 Å². The van der Waals surface area contributed by atoms with Crippen molar-refractivity contribution >= 4 is 28.5 Å². The second-order valence-electron chi connectivity index (χ2n) is 7.75. The van der Waals surface area contributed by atoms with E-state index in [0.717, 1.165) is 31.4 Å². The van der Waals surface area contributed by atoms with Crippen LogP contribution in [-0.2, 0) is 4.79 Å². The smallest absolute Gasteiger partial charge is 0.260 e. The number of likely N-dealkylation sites (tertiary alicyclic amines) is 1. The third kappa shape index (κ3) is 4.08. The standard InChI is InChI=1S/C24H24ClNO4/c1-15-5-3-4-12-26(15)22(27)14-29-19-10-11-20-21(13-19)30-16(2)23(24(20)28)17-6-8-18(25)9-7-17/h6-11,13,15H,3-5,12,14H2,1-2H3. The number of carbonyl (C=O) groups is 1. The summed E-state index contributed by atoms with van der Waals surface area (Å²) in [7, 11) is 0. The second kappa shape index (κ2) is 8.52. The predicted octanol–water partition coefficient (Wildman–Crippen LogP) is 5.20. The zero-order chi connectivity index (χ0) is 21.3. The van der Waals surface area contributed by atoms with Gasteiger partial charge in [0.25, 0.3) is 5.91 Å². The van der Waals surface area contributed by atoms with Gasteiger partial charge in [0.2, 0.25) is 5.43 Å². The average molecular weight is 426 g/mol. The van der Waals surface area contributed by atoms with Crippen molar-refractivity contribution < 1.29 is 13.9 Å². The normalized spacial score (nSPS) is 16.6. The summed E-state index contributed by atoms with van der Waals surface area (Å²) < 4.78 is 11.6. The lowest BCUT2D eigenvalue weighted by Gasteiger charge is -2.33. The van der Waals surface area contributed by atoms with E-state index in [9.17, 15) is 9.59 Å². The van der Waals surface area contributed by atoms with E-state index in [-0.39, 0.29) is 24.0 Å². The Morgan fingerprint density at radius 1 is 1.20 bits per heavy atom. The quantitative estimate of drug-likeness (QED) is 0.576. The molecule has 1 aliphatic heterocycles. The zero-order valence-corrected chi connectivity index (χ0v) is 17.9. The molecule has 2 aromatic carbocycles. The summed E-state index contributed by atoms with van der Waals surface area (Å²) in [5.74, 6) is 1.01. The molecule has 6 heteroatoms. The molecule has 156 valence electrons. The van der Waals surface area contributed by atoms with Crippen LogP contribution in [0, 0.1) is 6.92 Å². The van der Waals surface area contributed by atoms with Gasteiger partial charge >= 0.3 is 0 Å². The number of nitrogens with zero attached hydrogens (tertiary/aromatic N) is 1. The molecule has 0 bridgehead atoms. The van der Waals surface area contributed by atoms with Crippen molar-refractivity contribution in [3.05, 3.63) is 63.5 Å². The Kier molecular flexibility index (Phi) is 5.82. The van der Waals surface area contributed by atoms with Gasteiger partial charge in [-0.15, -0.1) is 0 Å². The predicted molar refractivity (Wildman–Crippen MR) is 118 cm³/mol. The molecule has 1 atom stereocenters. The minimum atomic E-state index is -0.110. The fraction of sp³-hybridized carbons (Fsp3) is 0.333. The van der Waals surface area contributed by atoms with E-state index in [2.05, 4.69) is 6.92 Å². The van der Waals surface area contributed by atoms with Crippen LogP contribution in [0.4, 0.5) is 0 Å². The summed E-state index contributed by atoms with van der Waals surface area (Å²) in [6, 6.07) is 12.4. The number of carbonyl (C=O) groups excluding carboxylic acids is 1. The maximum absolute atomic E-state index is 13.1. The Morgan fingerprint density at radius 3 is 2.70 bits per heavy atom. The monoisotopic (exact) mass is 425 g/mol. The SMILES string of the molecule is Cc1oc2cc(OCC(=O)N3CCCCC3C)ccc2c(=O)c1-c1ccc(Cl)cc1. The Labute approximate surface area is 180 Å². The van der Waals surface area contributed by atoms with Gasteiger partial charge in [0.15, 0.2) is 6.61 Å². The minimum Gasteiger partial charge on any atom is -0.484 e. The van der Waals surface area contributed by atoms with Crippen LogP contribution in [-0.4, -0.2) is 30.0 Å². The minimum absolute atomic E-state index is 0.0157. The van der Waals surface area contributed by atoms with Crippen molar-refractivity contribution in [3.63, 3.8) is 0 Å². The largest absolute Gasteiger partial charge is 0.484 e. The number of hydrogen-bond acceptors (Lipinski definition) is 4. The van der Waals surface area contributed by atoms with E-state index in [1.807, 2.05) is 4.90 Å². The number of amides is 1. The molecule has 1 unspecified atom stereocenters. The van der Waals surface area contributed by atoms with Gasteiger partial charge in [-0.2, -0.15) is 0 Å². The van der Waals surface area contributed by atoms with E-state index < -0.39 is 0 Å². The van der Waals surface area contributed by atoms with Gasteiger partial charge < -0.3 is 14.1 Å². The van der Waals surface area contributed by atoms with Gasteiger partial charge in [-0.25, -0.2) is 0 Å². The van der Waals surface area contributed by atoms with Gasteiger partial charge in [-0.1, -0.05) is 23.7 Å². The molecule has 0 aliphatic carbocycles. The van der Waals surface area contributed by atoms with Crippen LogP contribution in [0.1, 0.15) is 31.9 Å². The highest BCUT2D eigenvalue weighted by Gasteiger charge is 2.23. The average Bonchev–Trinajstić information content (AvgIpc) is 2.73. The molecular formula is C24H24ClNO4. The number of hydrogen-bond donors (Lipinski definition) is 0. The van der Waals surface area contributed by atoms with Crippen LogP contribution in [0.25, 0.3) is 22.1 Å². The lowest BCUT2D eigenvalue weighted by Crippen LogP contribution is -2.44. The molecule has 0 radical (unpaired) electrons. The molecule has 1 amide bonds. The Hall–Kier alpha value is -2.79. The summed E-state index contributed by atoms with van der Waals surface area (Å²) in [5, 5.41) is 1.07. The molecule has 4 rings (SSSR count). The molecule has 0 saturated carbocycles. The number of rotatable bonds is 4. The van der Waals surface area contributed by atoms with Crippen molar-refractivity contribution in [2.24, 2.45) is 0 Å². The molecular weight excluding hydrogens is 402 g/mol. The summed E-state index contributed by atoms with van der Waals surface area (Å²) in [5.41, 5.74) is 1.60. The number of halogens is 1. The highest BCUT2D eigenvalue weighted by Crippen LogP contribution is 2.27. The highest BCUT2D eigenvalue weighted by molar-refractivity contribution is 6.30. The summed E-state index contributed by atoms with van der Waals surface area (Å²) in [4.78, 5) is 27.4. The molecule has 1 aliphatic rings. The van der Waals surface area contributed by atoms with Crippen molar-refractivity contribution in [2.45, 2.75) is 39.2 Å². The molecule has 0 N–H and O–H groups in total. The van der Waals surface area contributed by atoms with Gasteiger partial charge in [-0.3, -0.25) is 9.59 Å². The van der Waals surface area contributed by atoms with Crippen molar-refractivity contribution in [2.75, 3.05) is 13.2 Å². The van der Waals surface area contributed by atoms with Gasteiger partial charge in [0.05, 0.1) is 10.9 Å². The lowest BCUT2D eigenvalue weighted by molar-refractivity contribution is -0.136. The van der Waals surface area contributed by atoms with Gasteiger partial charge in [-0.05, 0) is 62.9 Å². The molecule has 0 spiro atoms. The first-order chi connectivity index (χ1) is 14.4. The molecule has 3 aromatic rings. The van der Waals surface area contributed by atoms with Crippen LogP contribution in [0.2, 0.25) is 5.02 Å². The first kappa shape index (κ1) is 20.5. The molecule has 1 fully saturated rings. The second-order valence-corrected chi connectivity index (χ2v) is 8.18. The zero-order valence-electron chi connectivity index (χ0n) is 17.1. The van der Waals surface area contributed by atoms with E-state index in [1.165, 1.54) is 0 Å². The fourth-order valence-electron chi connectivity index (χ4n) is 4.02. The van der Waals surface area contributed by atoms with E-state index in [4.69, 9.17) is 20.8 Å². The third-order valence-electron chi connectivity index (χ3n) is 5.66. The number of piperidine rings is 1. The first-order valence-corrected chi connectivity index (χ1v) is 10.6. The molecule has 5 nitrogen and oxygen atoms in total. The van der Waals surface area contributed by atoms with Gasteiger partial charge in [0, 0.05) is 23.7 Å². The van der Waals surface area contributed by atoms with E-state index in [1.54, 1.807) is 49.4 Å². The number of benzene rings is 2. The van der Waals surface area contributed by atoms with Crippen LogP contribution in [0.5, 0.6) is 5.75 Å². The summed E-state index contributed by atoms with van der Waals surface area (Å²) >= 11 is 5.96. The Bertz CT molecular complexity index is 1140. The molecule has 2 heterocycles. The molecule has 1 aromatic heterocycles. The van der Waals surface area contributed by atoms with E-state index >= 15 is 0 Å². The van der Waals surface area contributed by atoms with Crippen molar-refractivity contribution in [1.82, 2.24) is 4.90 Å².